The molecule has 1 aromatic heterocycles. The highest BCUT2D eigenvalue weighted by molar-refractivity contribution is 9.10. The third kappa shape index (κ3) is 3.75. The van der Waals surface area contributed by atoms with Gasteiger partial charge in [0.25, 0.3) is 5.91 Å². The van der Waals surface area contributed by atoms with Gasteiger partial charge in [0.2, 0.25) is 0 Å². The van der Waals surface area contributed by atoms with Crippen LogP contribution >= 0.6 is 31.9 Å². The van der Waals surface area contributed by atoms with E-state index in [2.05, 4.69) is 42.2 Å². The molecule has 0 bridgehead atoms. The number of hydrogen-bond donors (Lipinski definition) is 1. The molecule has 1 N–H and O–H groups in total. The molecule has 0 spiro atoms. The molecule has 0 saturated carbocycles. The fraction of sp³-hybridized carbons (Fsp3) is 0.333. The van der Waals surface area contributed by atoms with Gasteiger partial charge in [-0.25, -0.2) is 4.98 Å². The van der Waals surface area contributed by atoms with Crippen LogP contribution in [0.1, 0.15) is 16.9 Å². The van der Waals surface area contributed by atoms with Gasteiger partial charge in [-0.1, -0.05) is 15.9 Å². The predicted molar refractivity (Wildman–Crippen MR) is 62.7 cm³/mol. The molecule has 0 aliphatic rings. The maximum atomic E-state index is 11.4. The summed E-state index contributed by atoms with van der Waals surface area (Å²) in [5, 5.41) is 3.66. The van der Waals surface area contributed by atoms with Gasteiger partial charge in [0.05, 0.1) is 0 Å². The Labute approximate surface area is 99.6 Å². The molecule has 0 radical (unpaired) electrons. The van der Waals surface area contributed by atoms with E-state index in [4.69, 9.17) is 0 Å². The van der Waals surface area contributed by atoms with Crippen molar-refractivity contribution in [2.45, 2.75) is 6.42 Å². The van der Waals surface area contributed by atoms with Crippen molar-refractivity contribution in [1.82, 2.24) is 10.3 Å². The van der Waals surface area contributed by atoms with E-state index in [9.17, 15) is 4.79 Å². The summed E-state index contributed by atoms with van der Waals surface area (Å²) in [6.07, 6.45) is 2.53. The van der Waals surface area contributed by atoms with Crippen molar-refractivity contribution in [3.63, 3.8) is 0 Å². The van der Waals surface area contributed by atoms with Crippen molar-refractivity contribution < 1.29 is 4.79 Å². The number of amides is 1. The summed E-state index contributed by atoms with van der Waals surface area (Å²) in [6, 6.07) is 3.49. The van der Waals surface area contributed by atoms with Crippen LogP contribution in [-0.4, -0.2) is 22.8 Å². The number of rotatable bonds is 4. The van der Waals surface area contributed by atoms with Crippen LogP contribution in [0.5, 0.6) is 0 Å². The molecule has 1 aromatic rings. The van der Waals surface area contributed by atoms with Crippen LogP contribution < -0.4 is 5.32 Å². The molecule has 5 heteroatoms. The second-order valence-corrected chi connectivity index (χ2v) is 4.37. The smallest absolute Gasteiger partial charge is 0.269 e. The van der Waals surface area contributed by atoms with Crippen molar-refractivity contribution in [1.29, 1.82) is 0 Å². The Morgan fingerprint density at radius 2 is 2.29 bits per heavy atom. The number of nitrogens with one attached hydrogen (secondary N) is 1. The summed E-state index contributed by atoms with van der Waals surface area (Å²) in [4.78, 5) is 15.4. The lowest BCUT2D eigenvalue weighted by Gasteiger charge is -2.02. The first kappa shape index (κ1) is 11.7. The average molecular weight is 322 g/mol. The number of pyridine rings is 1. The SMILES string of the molecule is O=C(NCCCBr)c1ccc(Br)cn1. The number of carbonyl (C=O) groups excluding carboxylic acids is 1. The monoisotopic (exact) mass is 320 g/mol. The molecule has 3 nitrogen and oxygen atoms in total. The highest BCUT2D eigenvalue weighted by Crippen LogP contribution is 2.07. The van der Waals surface area contributed by atoms with Gasteiger partial charge < -0.3 is 5.32 Å². The van der Waals surface area contributed by atoms with E-state index in [0.717, 1.165) is 16.2 Å². The van der Waals surface area contributed by atoms with E-state index in [-0.39, 0.29) is 5.91 Å². The van der Waals surface area contributed by atoms with Gasteiger partial charge in [-0.3, -0.25) is 4.79 Å². The van der Waals surface area contributed by atoms with Crippen LogP contribution in [0.3, 0.4) is 0 Å². The van der Waals surface area contributed by atoms with Crippen molar-refractivity contribution in [3.05, 3.63) is 28.5 Å². The van der Waals surface area contributed by atoms with E-state index in [1.807, 2.05) is 0 Å². The molecule has 1 rings (SSSR count). The highest BCUT2D eigenvalue weighted by Gasteiger charge is 2.04. The molecule has 76 valence electrons. The summed E-state index contributed by atoms with van der Waals surface area (Å²) in [6.45, 7) is 0.668. The molecule has 0 aromatic carbocycles. The summed E-state index contributed by atoms with van der Waals surface area (Å²) in [5.41, 5.74) is 0.447. The third-order valence-corrected chi connectivity index (χ3v) is 2.59. The van der Waals surface area contributed by atoms with E-state index >= 15 is 0 Å². The maximum absolute atomic E-state index is 11.4. The molecule has 0 aliphatic carbocycles. The average Bonchev–Trinajstić information content (AvgIpc) is 2.19. The highest BCUT2D eigenvalue weighted by atomic mass is 79.9. The number of aromatic nitrogens is 1. The van der Waals surface area contributed by atoms with Gasteiger partial charge in [-0.2, -0.15) is 0 Å². The molecular formula is C9H10Br2N2O. The summed E-state index contributed by atoms with van der Waals surface area (Å²) in [7, 11) is 0. The number of carbonyl (C=O) groups is 1. The van der Waals surface area contributed by atoms with Crippen LogP contribution in [0.4, 0.5) is 0 Å². The minimum atomic E-state index is -0.126. The van der Waals surface area contributed by atoms with Crippen LogP contribution in [0, 0.1) is 0 Å². The third-order valence-electron chi connectivity index (χ3n) is 1.56. The van der Waals surface area contributed by atoms with Crippen LogP contribution in [-0.2, 0) is 0 Å². The summed E-state index contributed by atoms with van der Waals surface area (Å²) < 4.78 is 0.870. The van der Waals surface area contributed by atoms with Crippen molar-refractivity contribution >= 4 is 37.8 Å². The zero-order valence-electron chi connectivity index (χ0n) is 7.46. The van der Waals surface area contributed by atoms with Crippen LogP contribution in [0.2, 0.25) is 0 Å². The largest absolute Gasteiger partial charge is 0.351 e. The van der Waals surface area contributed by atoms with Crippen molar-refractivity contribution in [3.8, 4) is 0 Å². The quantitative estimate of drug-likeness (QED) is 0.683. The first-order valence-corrected chi connectivity index (χ1v) is 6.11. The van der Waals surface area contributed by atoms with Gasteiger partial charge in [-0.15, -0.1) is 0 Å². The molecule has 0 fully saturated rings. The molecule has 0 aliphatic heterocycles. The van der Waals surface area contributed by atoms with Crippen LogP contribution in [0.25, 0.3) is 0 Å². The van der Waals surface area contributed by atoms with Crippen molar-refractivity contribution in [2.75, 3.05) is 11.9 Å². The second kappa shape index (κ2) is 6.14. The Morgan fingerprint density at radius 1 is 1.50 bits per heavy atom. The Bertz CT molecular complexity index is 300. The number of alkyl halides is 1. The Hall–Kier alpha value is -0.420. The van der Waals surface area contributed by atoms with E-state index in [1.54, 1.807) is 18.3 Å². The Morgan fingerprint density at radius 3 is 2.86 bits per heavy atom. The number of halogens is 2. The van der Waals surface area contributed by atoms with Gasteiger partial charge in [0.1, 0.15) is 5.69 Å². The molecular weight excluding hydrogens is 312 g/mol. The topological polar surface area (TPSA) is 42.0 Å². The fourth-order valence-electron chi connectivity index (χ4n) is 0.869. The number of nitrogens with zero attached hydrogens (tertiary/aromatic N) is 1. The van der Waals surface area contributed by atoms with Crippen molar-refractivity contribution in [2.24, 2.45) is 0 Å². The van der Waals surface area contributed by atoms with E-state index < -0.39 is 0 Å². The molecule has 14 heavy (non-hydrogen) atoms. The summed E-state index contributed by atoms with van der Waals surface area (Å²) in [5.74, 6) is -0.126. The predicted octanol–water partition coefficient (Wildman–Crippen LogP) is 2.36. The van der Waals surface area contributed by atoms with Gasteiger partial charge in [-0.05, 0) is 34.5 Å². The van der Waals surface area contributed by atoms with E-state index in [0.29, 0.717) is 12.2 Å². The zero-order chi connectivity index (χ0) is 10.4. The maximum Gasteiger partial charge on any atom is 0.269 e. The van der Waals surface area contributed by atoms with Gasteiger partial charge in [0.15, 0.2) is 0 Å². The second-order valence-electron chi connectivity index (χ2n) is 2.66. The van der Waals surface area contributed by atoms with E-state index in [1.165, 1.54) is 0 Å². The zero-order valence-corrected chi connectivity index (χ0v) is 10.6. The van der Waals surface area contributed by atoms with Gasteiger partial charge >= 0.3 is 0 Å². The normalized spacial score (nSPS) is 9.86. The summed E-state index contributed by atoms with van der Waals surface area (Å²) >= 11 is 6.55. The molecule has 0 saturated heterocycles. The minimum absolute atomic E-state index is 0.126. The lowest BCUT2D eigenvalue weighted by atomic mass is 10.3. The number of hydrogen-bond acceptors (Lipinski definition) is 2. The molecule has 1 amide bonds. The Kier molecular flexibility index (Phi) is 5.11. The standard InChI is InChI=1S/C9H10Br2N2O/c10-4-1-5-12-9(14)8-3-2-7(11)6-13-8/h2-3,6H,1,4-5H2,(H,12,14). The van der Waals surface area contributed by atoms with Gasteiger partial charge in [0, 0.05) is 22.5 Å². The van der Waals surface area contributed by atoms with Crippen LogP contribution in [0.15, 0.2) is 22.8 Å². The molecule has 0 unspecified atom stereocenters. The fourth-order valence-corrected chi connectivity index (χ4v) is 1.38. The first-order valence-electron chi connectivity index (χ1n) is 4.20. The lowest BCUT2D eigenvalue weighted by molar-refractivity contribution is 0.0949. The first-order chi connectivity index (χ1) is 6.74. The molecule has 1 heterocycles. The molecule has 0 atom stereocenters. The Balaban J connectivity index is 2.48. The lowest BCUT2D eigenvalue weighted by Crippen LogP contribution is -2.25. The minimum Gasteiger partial charge on any atom is -0.351 e.